The molecular formula is C23H26N4O3. The lowest BCUT2D eigenvalue weighted by Gasteiger charge is -2.23. The summed E-state index contributed by atoms with van der Waals surface area (Å²) in [6.45, 7) is 5.34. The number of rotatable bonds is 8. The molecule has 0 radical (unpaired) electrons. The van der Waals surface area contributed by atoms with Crippen molar-refractivity contribution in [3.8, 4) is 16.9 Å². The van der Waals surface area contributed by atoms with E-state index < -0.39 is 11.5 Å². The second kappa shape index (κ2) is 9.37. The number of nitrogens with one attached hydrogen (secondary N) is 2. The molecule has 0 aliphatic heterocycles. The van der Waals surface area contributed by atoms with Gasteiger partial charge in [0, 0.05) is 11.6 Å². The van der Waals surface area contributed by atoms with Gasteiger partial charge in [-0.3, -0.25) is 14.9 Å². The van der Waals surface area contributed by atoms with Crippen LogP contribution in [-0.2, 0) is 14.3 Å². The zero-order valence-electron chi connectivity index (χ0n) is 17.4. The molecule has 0 aliphatic carbocycles. The lowest BCUT2D eigenvalue weighted by Crippen LogP contribution is -2.50. The Morgan fingerprint density at radius 2 is 1.67 bits per heavy atom. The van der Waals surface area contributed by atoms with Crippen molar-refractivity contribution in [3.63, 3.8) is 0 Å². The predicted molar refractivity (Wildman–Crippen MR) is 116 cm³/mol. The van der Waals surface area contributed by atoms with Gasteiger partial charge in [0.05, 0.1) is 24.5 Å². The molecule has 0 saturated heterocycles. The monoisotopic (exact) mass is 406 g/mol. The highest BCUT2D eigenvalue weighted by Gasteiger charge is 2.29. The van der Waals surface area contributed by atoms with Gasteiger partial charge in [0.15, 0.2) is 0 Å². The Kier molecular flexibility index (Phi) is 6.64. The number of nitrogens with zero attached hydrogens (tertiary/aromatic N) is 2. The molecule has 2 N–H and O–H groups in total. The number of carbonyl (C=O) groups is 2. The Balaban J connectivity index is 1.80. The smallest absolute Gasteiger partial charge is 0.325 e. The molecule has 0 saturated carbocycles. The van der Waals surface area contributed by atoms with Crippen molar-refractivity contribution in [1.82, 2.24) is 15.1 Å². The molecule has 3 aromatic rings. The van der Waals surface area contributed by atoms with Gasteiger partial charge in [-0.25, -0.2) is 4.68 Å². The number of esters is 1. The van der Waals surface area contributed by atoms with E-state index >= 15 is 0 Å². The standard InChI is InChI=1S/C23H26N4O3/c1-4-30-22(29)23(2,3)24-16-21(28)25-20-15-19(17-11-7-5-8-12-17)26-27(20)18-13-9-6-10-14-18/h5-15,24H,4,16H2,1-3H3,(H,25,28). The molecule has 0 bridgehead atoms. The fourth-order valence-corrected chi connectivity index (χ4v) is 2.86. The van der Waals surface area contributed by atoms with Gasteiger partial charge in [-0.05, 0) is 32.9 Å². The summed E-state index contributed by atoms with van der Waals surface area (Å²) in [6.07, 6.45) is 0. The van der Waals surface area contributed by atoms with Crippen LogP contribution in [-0.4, -0.2) is 40.3 Å². The SMILES string of the molecule is CCOC(=O)C(C)(C)NCC(=O)Nc1cc(-c2ccccc2)nn1-c1ccccc1. The minimum atomic E-state index is -0.970. The second-order valence-corrected chi connectivity index (χ2v) is 7.28. The molecule has 0 unspecified atom stereocenters. The van der Waals surface area contributed by atoms with E-state index in [4.69, 9.17) is 4.74 Å². The third-order valence-electron chi connectivity index (χ3n) is 4.52. The largest absolute Gasteiger partial charge is 0.465 e. The van der Waals surface area contributed by atoms with Crippen LogP contribution in [0.1, 0.15) is 20.8 Å². The van der Waals surface area contributed by atoms with Gasteiger partial charge in [-0.2, -0.15) is 5.10 Å². The molecule has 7 nitrogen and oxygen atoms in total. The molecule has 1 amide bonds. The molecule has 156 valence electrons. The van der Waals surface area contributed by atoms with Crippen molar-refractivity contribution >= 4 is 17.7 Å². The first-order chi connectivity index (χ1) is 14.4. The summed E-state index contributed by atoms with van der Waals surface area (Å²) in [5.41, 5.74) is 1.55. The Labute approximate surface area is 176 Å². The Hall–Kier alpha value is -3.45. The Bertz CT molecular complexity index is 998. The lowest BCUT2D eigenvalue weighted by molar-refractivity contribution is -0.149. The van der Waals surface area contributed by atoms with Crippen molar-refractivity contribution < 1.29 is 14.3 Å². The number of aromatic nitrogens is 2. The number of amides is 1. The number of para-hydroxylation sites is 1. The van der Waals surface area contributed by atoms with Gasteiger partial charge in [0.1, 0.15) is 11.4 Å². The molecule has 7 heteroatoms. The zero-order valence-corrected chi connectivity index (χ0v) is 17.4. The molecular weight excluding hydrogens is 380 g/mol. The van der Waals surface area contributed by atoms with Crippen LogP contribution in [0.5, 0.6) is 0 Å². The van der Waals surface area contributed by atoms with Crippen LogP contribution in [0.2, 0.25) is 0 Å². The maximum atomic E-state index is 12.6. The van der Waals surface area contributed by atoms with Crippen molar-refractivity contribution in [3.05, 3.63) is 66.7 Å². The third-order valence-corrected chi connectivity index (χ3v) is 4.52. The third kappa shape index (κ3) is 5.12. The molecule has 0 aliphatic rings. The van der Waals surface area contributed by atoms with Crippen molar-refractivity contribution in [2.45, 2.75) is 26.3 Å². The van der Waals surface area contributed by atoms with Gasteiger partial charge in [-0.1, -0.05) is 48.5 Å². The Morgan fingerprint density at radius 1 is 1.03 bits per heavy atom. The number of benzene rings is 2. The van der Waals surface area contributed by atoms with Crippen LogP contribution in [0.25, 0.3) is 16.9 Å². The van der Waals surface area contributed by atoms with E-state index in [2.05, 4.69) is 15.7 Å². The van der Waals surface area contributed by atoms with Gasteiger partial charge in [-0.15, -0.1) is 0 Å². The fourth-order valence-electron chi connectivity index (χ4n) is 2.86. The molecule has 0 spiro atoms. The summed E-state index contributed by atoms with van der Waals surface area (Å²) < 4.78 is 6.73. The van der Waals surface area contributed by atoms with Gasteiger partial charge >= 0.3 is 5.97 Å². The lowest BCUT2D eigenvalue weighted by atomic mass is 10.1. The highest BCUT2D eigenvalue weighted by atomic mass is 16.5. The molecule has 1 aromatic heterocycles. The number of hydrogen-bond donors (Lipinski definition) is 2. The van der Waals surface area contributed by atoms with E-state index in [1.165, 1.54) is 0 Å². The molecule has 0 atom stereocenters. The van der Waals surface area contributed by atoms with Crippen LogP contribution in [0.3, 0.4) is 0 Å². The van der Waals surface area contributed by atoms with E-state index in [1.54, 1.807) is 25.5 Å². The zero-order chi connectivity index (χ0) is 21.6. The Morgan fingerprint density at radius 3 is 2.30 bits per heavy atom. The predicted octanol–water partition coefficient (Wildman–Crippen LogP) is 3.41. The van der Waals surface area contributed by atoms with Gasteiger partial charge < -0.3 is 10.1 Å². The van der Waals surface area contributed by atoms with E-state index in [1.807, 2.05) is 66.7 Å². The van der Waals surface area contributed by atoms with Crippen molar-refractivity contribution in [2.75, 3.05) is 18.5 Å². The molecule has 0 fully saturated rings. The molecule has 3 rings (SSSR count). The van der Waals surface area contributed by atoms with Crippen LogP contribution < -0.4 is 10.6 Å². The summed E-state index contributed by atoms with van der Waals surface area (Å²) in [7, 11) is 0. The van der Waals surface area contributed by atoms with Gasteiger partial charge in [0.25, 0.3) is 0 Å². The number of hydrogen-bond acceptors (Lipinski definition) is 5. The fraction of sp³-hybridized carbons (Fsp3) is 0.261. The number of anilines is 1. The van der Waals surface area contributed by atoms with Crippen LogP contribution in [0.4, 0.5) is 5.82 Å². The summed E-state index contributed by atoms with van der Waals surface area (Å²) >= 11 is 0. The minimum Gasteiger partial charge on any atom is -0.465 e. The summed E-state index contributed by atoms with van der Waals surface area (Å²) in [5, 5.41) is 10.5. The second-order valence-electron chi connectivity index (χ2n) is 7.28. The average Bonchev–Trinajstić information content (AvgIpc) is 3.17. The first-order valence-corrected chi connectivity index (χ1v) is 9.83. The first-order valence-electron chi connectivity index (χ1n) is 9.83. The van der Waals surface area contributed by atoms with Crippen LogP contribution in [0, 0.1) is 0 Å². The summed E-state index contributed by atoms with van der Waals surface area (Å²) in [4.78, 5) is 24.6. The van der Waals surface area contributed by atoms with Crippen LogP contribution >= 0.6 is 0 Å². The van der Waals surface area contributed by atoms with E-state index in [0.29, 0.717) is 5.82 Å². The molecule has 30 heavy (non-hydrogen) atoms. The maximum absolute atomic E-state index is 12.6. The average molecular weight is 406 g/mol. The number of carbonyl (C=O) groups excluding carboxylic acids is 2. The van der Waals surface area contributed by atoms with E-state index in [-0.39, 0.29) is 19.1 Å². The summed E-state index contributed by atoms with van der Waals surface area (Å²) in [6, 6.07) is 21.2. The van der Waals surface area contributed by atoms with E-state index in [0.717, 1.165) is 16.9 Å². The highest BCUT2D eigenvalue weighted by Crippen LogP contribution is 2.24. The minimum absolute atomic E-state index is 0.0492. The summed E-state index contributed by atoms with van der Waals surface area (Å²) in [5.74, 6) is -0.150. The molecule has 2 aromatic carbocycles. The number of ether oxygens (including phenoxy) is 1. The van der Waals surface area contributed by atoms with Crippen LogP contribution in [0.15, 0.2) is 66.7 Å². The maximum Gasteiger partial charge on any atom is 0.325 e. The normalized spacial score (nSPS) is 11.2. The van der Waals surface area contributed by atoms with E-state index in [9.17, 15) is 9.59 Å². The van der Waals surface area contributed by atoms with Gasteiger partial charge in [0.2, 0.25) is 5.91 Å². The quantitative estimate of drug-likeness (QED) is 0.560. The molecule has 1 heterocycles. The highest BCUT2D eigenvalue weighted by molar-refractivity contribution is 5.93. The van der Waals surface area contributed by atoms with Crippen molar-refractivity contribution in [1.29, 1.82) is 0 Å². The van der Waals surface area contributed by atoms with Crippen molar-refractivity contribution in [2.24, 2.45) is 0 Å². The topological polar surface area (TPSA) is 85.2 Å². The first kappa shape index (κ1) is 21.3.